The lowest BCUT2D eigenvalue weighted by Gasteiger charge is -2.12. The zero-order valence-electron chi connectivity index (χ0n) is 8.62. The zero-order valence-corrected chi connectivity index (χ0v) is 9.44. The first-order chi connectivity index (χ1) is 7.81. The summed E-state index contributed by atoms with van der Waals surface area (Å²) in [5.41, 5.74) is 0.822. The van der Waals surface area contributed by atoms with Gasteiger partial charge in [-0.25, -0.2) is 4.98 Å². The molecule has 0 aliphatic rings. The van der Waals surface area contributed by atoms with E-state index < -0.39 is 0 Å². The summed E-state index contributed by atoms with van der Waals surface area (Å²) in [5, 5.41) is 7.52. The van der Waals surface area contributed by atoms with Crippen molar-refractivity contribution in [2.75, 3.05) is 6.26 Å². The van der Waals surface area contributed by atoms with Crippen LogP contribution in [0.4, 0.5) is 0 Å². The molecule has 0 radical (unpaired) electrons. The van der Waals surface area contributed by atoms with Crippen molar-refractivity contribution < 1.29 is 0 Å². The zero-order chi connectivity index (χ0) is 11.4. The Morgan fingerprint density at radius 1 is 1.31 bits per heavy atom. The molecule has 2 rings (SSSR count). The minimum Gasteiger partial charge on any atom is -0.309 e. The van der Waals surface area contributed by atoms with E-state index >= 15 is 0 Å². The highest BCUT2D eigenvalue weighted by molar-refractivity contribution is 7.99. The molecule has 2 heterocycles. The molecule has 0 saturated heterocycles. The highest BCUT2D eigenvalue weighted by atomic mass is 32.2. The van der Waals surface area contributed by atoms with Crippen LogP contribution in [0, 0.1) is 0 Å². The molecule has 0 aliphatic carbocycles. The molecule has 0 bridgehead atoms. The minimum absolute atomic E-state index is 0.0237. The fourth-order valence-electron chi connectivity index (χ4n) is 1.38. The average Bonchev–Trinajstić information content (AvgIpc) is 2.31. The van der Waals surface area contributed by atoms with Crippen LogP contribution in [0.3, 0.4) is 0 Å². The molecule has 2 aromatic rings. The number of thioether (sulfide) groups is 1. The standard InChI is InChI=1S/C10H10N4OS/c1-16-9(7-2-5-12-13-6-7)10-11-4-3-8(15)14-10/h2-6,9H,1H3,(H,11,14,15). The van der Waals surface area contributed by atoms with Gasteiger partial charge in [0.2, 0.25) is 0 Å². The van der Waals surface area contributed by atoms with Crippen molar-refractivity contribution in [2.24, 2.45) is 0 Å². The number of H-pyrrole nitrogens is 1. The van der Waals surface area contributed by atoms with Gasteiger partial charge < -0.3 is 4.98 Å². The van der Waals surface area contributed by atoms with Gasteiger partial charge in [-0.15, -0.1) is 11.8 Å². The first-order valence-corrected chi connectivity index (χ1v) is 5.94. The third kappa shape index (κ3) is 2.27. The van der Waals surface area contributed by atoms with Gasteiger partial charge in [-0.05, 0) is 17.9 Å². The summed E-state index contributed by atoms with van der Waals surface area (Å²) in [6, 6.07) is 3.26. The third-order valence-corrected chi connectivity index (χ3v) is 3.05. The maximum Gasteiger partial charge on any atom is 0.250 e. The van der Waals surface area contributed by atoms with Crippen LogP contribution >= 0.6 is 11.8 Å². The quantitative estimate of drug-likeness (QED) is 0.858. The SMILES string of the molecule is CSC(c1ccnnc1)c1nccc(=O)[nH]1. The summed E-state index contributed by atoms with van der Waals surface area (Å²) >= 11 is 1.58. The summed E-state index contributed by atoms with van der Waals surface area (Å²) in [6.07, 6.45) is 6.76. The predicted octanol–water partition coefficient (Wildman–Crippen LogP) is 1.01. The molecule has 1 unspecified atom stereocenters. The molecular formula is C10H10N4OS. The van der Waals surface area contributed by atoms with E-state index in [1.54, 1.807) is 24.2 Å². The molecule has 0 aliphatic heterocycles. The molecule has 0 spiro atoms. The van der Waals surface area contributed by atoms with Crippen molar-refractivity contribution in [3.8, 4) is 0 Å². The number of hydrogen-bond acceptors (Lipinski definition) is 5. The molecule has 1 N–H and O–H groups in total. The fourth-order valence-corrected chi connectivity index (χ4v) is 2.13. The van der Waals surface area contributed by atoms with Crippen LogP contribution in [0.15, 0.2) is 35.5 Å². The van der Waals surface area contributed by atoms with Crippen molar-refractivity contribution in [3.05, 3.63) is 52.5 Å². The summed E-state index contributed by atoms with van der Waals surface area (Å²) < 4.78 is 0. The minimum atomic E-state index is -0.147. The van der Waals surface area contributed by atoms with Crippen molar-refractivity contribution in [2.45, 2.75) is 5.25 Å². The van der Waals surface area contributed by atoms with Gasteiger partial charge >= 0.3 is 0 Å². The Labute approximate surface area is 96.4 Å². The van der Waals surface area contributed by atoms with Gasteiger partial charge in [0.15, 0.2) is 0 Å². The van der Waals surface area contributed by atoms with Crippen molar-refractivity contribution in [1.82, 2.24) is 20.2 Å². The Morgan fingerprint density at radius 3 is 2.81 bits per heavy atom. The maximum absolute atomic E-state index is 11.2. The number of aromatic amines is 1. The second kappa shape index (κ2) is 4.89. The highest BCUT2D eigenvalue weighted by Crippen LogP contribution is 2.29. The van der Waals surface area contributed by atoms with E-state index in [1.807, 2.05) is 12.3 Å². The lowest BCUT2D eigenvalue weighted by atomic mass is 10.2. The number of hydrogen-bond donors (Lipinski definition) is 1. The molecule has 82 valence electrons. The molecule has 0 aromatic carbocycles. The van der Waals surface area contributed by atoms with Gasteiger partial charge in [-0.1, -0.05) is 0 Å². The van der Waals surface area contributed by atoms with E-state index in [-0.39, 0.29) is 10.8 Å². The van der Waals surface area contributed by atoms with Crippen LogP contribution in [0.25, 0.3) is 0 Å². The van der Waals surface area contributed by atoms with Gasteiger partial charge in [0.25, 0.3) is 5.56 Å². The Morgan fingerprint density at radius 2 is 2.19 bits per heavy atom. The Hall–Kier alpha value is -1.69. The predicted molar refractivity (Wildman–Crippen MR) is 62.2 cm³/mol. The van der Waals surface area contributed by atoms with E-state index in [1.165, 1.54) is 12.3 Å². The van der Waals surface area contributed by atoms with E-state index in [2.05, 4.69) is 20.2 Å². The summed E-state index contributed by atoms with van der Waals surface area (Å²) in [7, 11) is 0. The van der Waals surface area contributed by atoms with E-state index in [0.29, 0.717) is 5.82 Å². The lowest BCUT2D eigenvalue weighted by Crippen LogP contribution is -2.12. The molecular weight excluding hydrogens is 224 g/mol. The fraction of sp³-hybridized carbons (Fsp3) is 0.200. The normalized spacial score (nSPS) is 12.3. The second-order valence-corrected chi connectivity index (χ2v) is 4.05. The first-order valence-electron chi connectivity index (χ1n) is 4.66. The lowest BCUT2D eigenvalue weighted by molar-refractivity contribution is 0.908. The van der Waals surface area contributed by atoms with Crippen molar-refractivity contribution >= 4 is 11.8 Å². The molecule has 0 fully saturated rings. The van der Waals surface area contributed by atoms with Crippen LogP contribution in [-0.2, 0) is 0 Å². The molecule has 6 heteroatoms. The number of nitrogens with zero attached hydrogens (tertiary/aromatic N) is 3. The van der Waals surface area contributed by atoms with Gasteiger partial charge in [-0.2, -0.15) is 10.2 Å². The third-order valence-electron chi connectivity index (χ3n) is 2.08. The van der Waals surface area contributed by atoms with Crippen molar-refractivity contribution in [3.63, 3.8) is 0 Å². The smallest absolute Gasteiger partial charge is 0.250 e. The summed E-state index contributed by atoms with van der Waals surface area (Å²) in [6.45, 7) is 0. The van der Waals surface area contributed by atoms with Crippen molar-refractivity contribution in [1.29, 1.82) is 0 Å². The van der Waals surface area contributed by atoms with Gasteiger partial charge in [0.1, 0.15) is 5.82 Å². The molecule has 16 heavy (non-hydrogen) atoms. The van der Waals surface area contributed by atoms with Gasteiger partial charge in [-0.3, -0.25) is 4.79 Å². The van der Waals surface area contributed by atoms with E-state index in [4.69, 9.17) is 0 Å². The largest absolute Gasteiger partial charge is 0.309 e. The van der Waals surface area contributed by atoms with Gasteiger partial charge in [0, 0.05) is 18.5 Å². The molecule has 5 nitrogen and oxygen atoms in total. The van der Waals surface area contributed by atoms with Crippen LogP contribution in [-0.4, -0.2) is 26.4 Å². The maximum atomic E-state index is 11.2. The second-order valence-electron chi connectivity index (χ2n) is 3.11. The van der Waals surface area contributed by atoms with Gasteiger partial charge in [0.05, 0.1) is 11.4 Å². The van der Waals surface area contributed by atoms with Crippen LogP contribution in [0.1, 0.15) is 16.6 Å². The molecule has 0 amide bonds. The molecule has 0 saturated carbocycles. The first kappa shape index (κ1) is 10.8. The van der Waals surface area contributed by atoms with E-state index in [9.17, 15) is 4.79 Å². The molecule has 2 aromatic heterocycles. The highest BCUT2D eigenvalue weighted by Gasteiger charge is 2.15. The summed E-state index contributed by atoms with van der Waals surface area (Å²) in [4.78, 5) is 18.1. The number of aromatic nitrogens is 4. The Kier molecular flexibility index (Phi) is 3.31. The number of rotatable bonds is 3. The van der Waals surface area contributed by atoms with E-state index in [0.717, 1.165) is 5.56 Å². The summed E-state index contributed by atoms with van der Waals surface area (Å²) in [5.74, 6) is 0.632. The van der Waals surface area contributed by atoms with Crippen LogP contribution in [0.2, 0.25) is 0 Å². The Balaban J connectivity index is 2.41. The van der Waals surface area contributed by atoms with Crippen LogP contribution in [0.5, 0.6) is 0 Å². The average molecular weight is 234 g/mol. The topological polar surface area (TPSA) is 71.5 Å². The Bertz CT molecular complexity index is 513. The molecule has 1 atom stereocenters. The number of nitrogens with one attached hydrogen (secondary N) is 1. The monoisotopic (exact) mass is 234 g/mol. The van der Waals surface area contributed by atoms with Crippen LogP contribution < -0.4 is 5.56 Å².